The van der Waals surface area contributed by atoms with Crippen molar-refractivity contribution in [3.63, 3.8) is 0 Å². The van der Waals surface area contributed by atoms with Gasteiger partial charge in [0.2, 0.25) is 0 Å². The molecule has 1 unspecified atom stereocenters. The summed E-state index contributed by atoms with van der Waals surface area (Å²) in [6.45, 7) is 53.0. The van der Waals surface area contributed by atoms with Crippen LogP contribution in [0.3, 0.4) is 0 Å². The number of aryl methyl sites for hydroxylation is 4. The van der Waals surface area contributed by atoms with Crippen LogP contribution in [0.2, 0.25) is 0 Å². The Morgan fingerprint density at radius 1 is 0.486 bits per heavy atom. The second-order valence-electron chi connectivity index (χ2n) is 27.7. The van der Waals surface area contributed by atoms with Crippen LogP contribution in [0.1, 0.15) is 196 Å². The number of hydrogen-bond acceptors (Lipinski definition) is 2. The van der Waals surface area contributed by atoms with Crippen molar-refractivity contribution in [3.05, 3.63) is 213 Å². The highest BCUT2D eigenvalue weighted by molar-refractivity contribution is 5.87. The van der Waals surface area contributed by atoms with Gasteiger partial charge in [-0.25, -0.2) is 0 Å². The standard InChI is InChI=1S/C72H92N2/c1-22-29-64(72(21,55-32-27-24-28-33-55)71(19,20)54-30-25-23-26-31-54)74(70(17,18)39-38-65(7,8)53-36-34-48(2)35-37-53)63-41-49(3)40-62(52(63)6)73(60-44-58-56(42-50(60)4)66(9,10)46-68(58,13)14)61-45-59-57(43-51(61)5)67(11,12)47-69(59,15)16/h22-37,40-45H,1,38-39,46-47H2,2-21H3/b64-29+. The molecule has 0 saturated heterocycles. The fourth-order valence-corrected chi connectivity index (χ4v) is 14.4. The van der Waals surface area contributed by atoms with Crippen molar-refractivity contribution in [1.82, 2.24) is 0 Å². The normalized spacial score (nSPS) is 17.6. The summed E-state index contributed by atoms with van der Waals surface area (Å²) in [5.74, 6) is 0. The molecule has 0 aromatic heterocycles. The predicted molar refractivity (Wildman–Crippen MR) is 323 cm³/mol. The van der Waals surface area contributed by atoms with E-state index in [1.165, 1.54) is 95.2 Å². The van der Waals surface area contributed by atoms with E-state index in [1.807, 2.05) is 6.08 Å². The van der Waals surface area contributed by atoms with Gasteiger partial charge in [-0.15, -0.1) is 0 Å². The smallest absolute Gasteiger partial charge is 0.0514 e. The van der Waals surface area contributed by atoms with Crippen molar-refractivity contribution in [2.45, 2.75) is 208 Å². The zero-order chi connectivity index (χ0) is 54.4. The number of fused-ring (bicyclic) bond motifs is 2. The van der Waals surface area contributed by atoms with Gasteiger partial charge in [0, 0.05) is 39.1 Å². The molecular formula is C72H92N2. The first-order chi connectivity index (χ1) is 34.3. The van der Waals surface area contributed by atoms with E-state index in [1.54, 1.807) is 0 Å². The third-order valence-corrected chi connectivity index (χ3v) is 18.7. The molecule has 0 bridgehead atoms. The summed E-state index contributed by atoms with van der Waals surface area (Å²) >= 11 is 0. The van der Waals surface area contributed by atoms with E-state index in [0.29, 0.717) is 0 Å². The summed E-state index contributed by atoms with van der Waals surface area (Å²) in [6, 6.07) is 47.0. The van der Waals surface area contributed by atoms with E-state index in [0.717, 1.165) is 25.7 Å². The van der Waals surface area contributed by atoms with Gasteiger partial charge >= 0.3 is 0 Å². The van der Waals surface area contributed by atoms with Crippen molar-refractivity contribution in [1.29, 1.82) is 0 Å². The van der Waals surface area contributed by atoms with Gasteiger partial charge in [0.25, 0.3) is 0 Å². The van der Waals surface area contributed by atoms with Crippen molar-refractivity contribution in [2.24, 2.45) is 0 Å². The van der Waals surface area contributed by atoms with Gasteiger partial charge in [-0.05, 0) is 200 Å². The fourth-order valence-electron chi connectivity index (χ4n) is 14.4. The number of benzene rings is 6. The Morgan fingerprint density at radius 2 is 0.919 bits per heavy atom. The quantitative estimate of drug-likeness (QED) is 0.0946. The summed E-state index contributed by atoms with van der Waals surface area (Å²) in [7, 11) is 0. The summed E-state index contributed by atoms with van der Waals surface area (Å²) in [5, 5.41) is 0. The maximum Gasteiger partial charge on any atom is 0.0514 e. The Hall–Kier alpha value is -5.60. The summed E-state index contributed by atoms with van der Waals surface area (Å²) < 4.78 is 0. The molecule has 0 spiro atoms. The molecule has 8 rings (SSSR count). The molecule has 0 N–H and O–H groups in total. The van der Waals surface area contributed by atoms with E-state index in [2.05, 4.69) is 282 Å². The molecule has 390 valence electrons. The van der Waals surface area contributed by atoms with E-state index in [-0.39, 0.29) is 32.5 Å². The largest absolute Gasteiger partial charge is 0.338 e. The van der Waals surface area contributed by atoms with Gasteiger partial charge in [0.1, 0.15) is 0 Å². The minimum atomic E-state index is -0.548. The maximum absolute atomic E-state index is 4.53. The second kappa shape index (κ2) is 18.9. The van der Waals surface area contributed by atoms with E-state index in [9.17, 15) is 0 Å². The lowest BCUT2D eigenvalue weighted by Crippen LogP contribution is -2.55. The van der Waals surface area contributed by atoms with Gasteiger partial charge in [0.05, 0.1) is 5.69 Å². The van der Waals surface area contributed by atoms with Crippen LogP contribution in [-0.2, 0) is 37.9 Å². The first-order valence-corrected chi connectivity index (χ1v) is 27.9. The van der Waals surface area contributed by atoms with Crippen LogP contribution in [0.25, 0.3) is 0 Å². The first kappa shape index (κ1) is 54.7. The predicted octanol–water partition coefficient (Wildman–Crippen LogP) is 20.0. The molecule has 0 aliphatic heterocycles. The summed E-state index contributed by atoms with van der Waals surface area (Å²) in [4.78, 5) is 5.47. The zero-order valence-corrected chi connectivity index (χ0v) is 49.6. The lowest BCUT2D eigenvalue weighted by atomic mass is 9.57. The van der Waals surface area contributed by atoms with Crippen LogP contribution < -0.4 is 9.80 Å². The van der Waals surface area contributed by atoms with Gasteiger partial charge in [-0.2, -0.15) is 0 Å². The van der Waals surface area contributed by atoms with Crippen LogP contribution in [-0.4, -0.2) is 5.54 Å². The second-order valence-corrected chi connectivity index (χ2v) is 27.7. The maximum atomic E-state index is 4.53. The highest BCUT2D eigenvalue weighted by Gasteiger charge is 2.51. The van der Waals surface area contributed by atoms with Gasteiger partial charge in [-0.1, -0.05) is 198 Å². The Labute approximate surface area is 450 Å². The third kappa shape index (κ3) is 9.45. The molecule has 0 amide bonds. The van der Waals surface area contributed by atoms with E-state index < -0.39 is 11.0 Å². The van der Waals surface area contributed by atoms with Crippen LogP contribution in [0, 0.1) is 34.6 Å². The molecule has 0 heterocycles. The molecular weight excluding hydrogens is 893 g/mol. The summed E-state index contributed by atoms with van der Waals surface area (Å²) in [5.41, 5.74) is 21.3. The number of nitrogens with zero attached hydrogens (tertiary/aromatic N) is 2. The Balaban J connectivity index is 1.46. The van der Waals surface area contributed by atoms with Crippen molar-refractivity contribution >= 4 is 22.7 Å². The molecule has 6 aromatic rings. The van der Waals surface area contributed by atoms with Crippen LogP contribution >= 0.6 is 0 Å². The summed E-state index contributed by atoms with van der Waals surface area (Å²) in [6.07, 6.45) is 8.58. The highest BCUT2D eigenvalue weighted by Crippen LogP contribution is 2.58. The molecule has 0 saturated carbocycles. The SMILES string of the molecule is C=C/C=C(/N(c1cc(C)cc(N(c2cc3c(cc2C)C(C)(C)CC3(C)C)c2cc3c(cc2C)C(C)(C)CC3(C)C)c1C)C(C)(C)CCC(C)(C)c1ccc(C)cc1)C(C)(c1ccccc1)C(C)(C)c1ccccc1. The van der Waals surface area contributed by atoms with E-state index >= 15 is 0 Å². The van der Waals surface area contributed by atoms with Crippen LogP contribution in [0.4, 0.5) is 22.7 Å². The Bertz CT molecular complexity index is 3010. The molecule has 2 aliphatic carbocycles. The zero-order valence-electron chi connectivity index (χ0n) is 49.6. The van der Waals surface area contributed by atoms with Crippen molar-refractivity contribution in [2.75, 3.05) is 9.80 Å². The number of allylic oxidation sites excluding steroid dienone is 3. The monoisotopic (exact) mass is 985 g/mol. The average Bonchev–Trinajstić information content (AvgIpc) is 3.62. The van der Waals surface area contributed by atoms with Crippen molar-refractivity contribution in [3.8, 4) is 0 Å². The average molecular weight is 986 g/mol. The third-order valence-electron chi connectivity index (χ3n) is 18.7. The number of rotatable bonds is 15. The Morgan fingerprint density at radius 3 is 1.38 bits per heavy atom. The van der Waals surface area contributed by atoms with Gasteiger partial charge in [-0.3, -0.25) is 0 Å². The molecule has 74 heavy (non-hydrogen) atoms. The molecule has 1 atom stereocenters. The van der Waals surface area contributed by atoms with Crippen LogP contribution in [0.5, 0.6) is 0 Å². The lowest BCUT2D eigenvalue weighted by Gasteiger charge is -2.54. The van der Waals surface area contributed by atoms with Crippen LogP contribution in [0.15, 0.2) is 146 Å². The topological polar surface area (TPSA) is 6.48 Å². The molecule has 6 aromatic carbocycles. The fraction of sp³-hybridized carbons (Fsp3) is 0.444. The molecule has 2 nitrogen and oxygen atoms in total. The first-order valence-electron chi connectivity index (χ1n) is 27.9. The Kier molecular flexibility index (Phi) is 14.0. The molecule has 0 radical (unpaired) electrons. The lowest BCUT2D eigenvalue weighted by molar-refractivity contribution is 0.292. The van der Waals surface area contributed by atoms with Crippen molar-refractivity contribution < 1.29 is 0 Å². The number of hydrogen-bond donors (Lipinski definition) is 0. The molecule has 0 fully saturated rings. The van der Waals surface area contributed by atoms with E-state index in [4.69, 9.17) is 0 Å². The molecule has 2 aliphatic rings. The molecule has 2 heteroatoms. The number of anilines is 4. The minimum absolute atomic E-state index is 0.0315. The van der Waals surface area contributed by atoms with Gasteiger partial charge < -0.3 is 9.80 Å². The minimum Gasteiger partial charge on any atom is -0.338 e. The van der Waals surface area contributed by atoms with Gasteiger partial charge in [0.15, 0.2) is 0 Å². The highest BCUT2D eigenvalue weighted by atomic mass is 15.2.